The number of carboxylic acids is 1. The van der Waals surface area contributed by atoms with Gasteiger partial charge < -0.3 is 9.84 Å². The fourth-order valence-corrected chi connectivity index (χ4v) is 2.03. The molecule has 5 heteroatoms. The number of benzene rings is 1. The van der Waals surface area contributed by atoms with Crippen LogP contribution >= 0.6 is 0 Å². The lowest BCUT2D eigenvalue weighted by Gasteiger charge is -2.08. The molecule has 0 aliphatic rings. The summed E-state index contributed by atoms with van der Waals surface area (Å²) in [5.74, 6) is -1.95. The highest BCUT2D eigenvalue weighted by Gasteiger charge is 2.21. The Morgan fingerprint density at radius 1 is 1.23 bits per heavy atom. The first kappa shape index (κ1) is 17.9. The van der Waals surface area contributed by atoms with Crippen LogP contribution in [-0.2, 0) is 20.9 Å². The van der Waals surface area contributed by atoms with E-state index in [1.54, 1.807) is 6.21 Å². The van der Waals surface area contributed by atoms with Crippen LogP contribution in [0.2, 0.25) is 0 Å². The molecule has 5 nitrogen and oxygen atoms in total. The fraction of sp³-hybridized carbons (Fsp3) is 0.471. The number of rotatable bonds is 9. The lowest BCUT2D eigenvalue weighted by molar-refractivity contribution is -0.517. The molecule has 1 N–H and O–H groups in total. The van der Waals surface area contributed by atoms with Gasteiger partial charge >= 0.3 is 11.9 Å². The van der Waals surface area contributed by atoms with E-state index in [0.717, 1.165) is 18.7 Å². The molecular formula is C17H24NO4+. The van der Waals surface area contributed by atoms with Crippen molar-refractivity contribution in [2.24, 2.45) is 5.92 Å². The van der Waals surface area contributed by atoms with Crippen LogP contribution in [0.4, 0.5) is 0 Å². The van der Waals surface area contributed by atoms with Gasteiger partial charge in [0, 0.05) is 6.42 Å². The predicted molar refractivity (Wildman–Crippen MR) is 84.0 cm³/mol. The van der Waals surface area contributed by atoms with Gasteiger partial charge in [-0.25, -0.2) is 4.58 Å². The van der Waals surface area contributed by atoms with E-state index in [2.05, 4.69) is 0 Å². The highest BCUT2D eigenvalue weighted by atomic mass is 16.5. The van der Waals surface area contributed by atoms with Crippen LogP contribution in [0.5, 0.6) is 0 Å². The Hall–Kier alpha value is -2.17. The molecule has 0 heterocycles. The van der Waals surface area contributed by atoms with E-state index in [1.165, 1.54) is 0 Å². The van der Waals surface area contributed by atoms with Crippen molar-refractivity contribution in [3.63, 3.8) is 0 Å². The molecule has 0 bridgehead atoms. The summed E-state index contributed by atoms with van der Waals surface area (Å²) in [5.41, 5.74) is 0.917. The smallest absolute Gasteiger partial charge is 0.316 e. The normalized spacial score (nSPS) is 11.5. The Morgan fingerprint density at radius 3 is 2.41 bits per heavy atom. The number of carboxylic acid groups (broad SMARTS) is 1. The van der Waals surface area contributed by atoms with Gasteiger partial charge in [-0.3, -0.25) is 9.59 Å². The summed E-state index contributed by atoms with van der Waals surface area (Å²) in [7, 11) is 0. The Morgan fingerprint density at radius 2 is 1.86 bits per heavy atom. The monoisotopic (exact) mass is 306 g/mol. The summed E-state index contributed by atoms with van der Waals surface area (Å²) >= 11 is 0. The molecule has 0 spiro atoms. The average Bonchev–Trinajstić information content (AvgIpc) is 2.54. The van der Waals surface area contributed by atoms with Crippen molar-refractivity contribution < 1.29 is 24.0 Å². The molecule has 0 aromatic heterocycles. The molecule has 22 heavy (non-hydrogen) atoms. The van der Waals surface area contributed by atoms with Crippen molar-refractivity contribution in [1.29, 1.82) is 0 Å². The predicted octanol–water partition coefficient (Wildman–Crippen LogP) is 2.33. The number of hydrogen-bond acceptors (Lipinski definition) is 3. The maximum absolute atomic E-state index is 11.7. The topological polar surface area (TPSA) is 66.6 Å². The molecule has 0 saturated heterocycles. The van der Waals surface area contributed by atoms with Crippen LogP contribution in [0.1, 0.15) is 32.3 Å². The largest absolute Gasteiger partial charge is 0.481 e. The van der Waals surface area contributed by atoms with E-state index < -0.39 is 11.9 Å². The molecular weight excluding hydrogens is 282 g/mol. The van der Waals surface area contributed by atoms with Gasteiger partial charge in [0.05, 0.1) is 0 Å². The number of carbonyl (C=O) groups is 2. The van der Waals surface area contributed by atoms with Crippen molar-refractivity contribution in [1.82, 2.24) is 0 Å². The second-order valence-electron chi connectivity index (χ2n) is 5.00. The Kier molecular flexibility index (Phi) is 7.89. The minimum Gasteiger partial charge on any atom is -0.481 e. The first-order valence-corrected chi connectivity index (χ1v) is 7.58. The lowest BCUT2D eigenvalue weighted by atomic mass is 10.0. The van der Waals surface area contributed by atoms with E-state index in [4.69, 9.17) is 4.74 Å². The van der Waals surface area contributed by atoms with Crippen LogP contribution in [0, 0.1) is 5.92 Å². The minimum absolute atomic E-state index is 0.0988. The zero-order valence-electron chi connectivity index (χ0n) is 13.2. The summed E-state index contributed by atoms with van der Waals surface area (Å²) in [6, 6.07) is 9.40. The quantitative estimate of drug-likeness (QED) is 0.432. The van der Waals surface area contributed by atoms with Crippen molar-refractivity contribution in [3.05, 3.63) is 35.9 Å². The van der Waals surface area contributed by atoms with Gasteiger partial charge in [-0.05, 0) is 25.8 Å². The van der Waals surface area contributed by atoms with Gasteiger partial charge in [0.1, 0.15) is 25.6 Å². The molecule has 1 aromatic rings. The van der Waals surface area contributed by atoms with Crippen molar-refractivity contribution in [3.8, 4) is 0 Å². The van der Waals surface area contributed by atoms with E-state index in [0.29, 0.717) is 0 Å². The van der Waals surface area contributed by atoms with E-state index in [1.807, 2.05) is 48.8 Å². The minimum atomic E-state index is -0.914. The number of esters is 1. The molecule has 120 valence electrons. The third-order valence-electron chi connectivity index (χ3n) is 3.42. The molecule has 0 fully saturated rings. The first-order valence-electron chi connectivity index (χ1n) is 7.58. The van der Waals surface area contributed by atoms with Gasteiger partial charge in [-0.2, -0.15) is 0 Å². The van der Waals surface area contributed by atoms with Gasteiger partial charge in [-0.1, -0.05) is 30.3 Å². The molecule has 1 aromatic carbocycles. The second-order valence-corrected chi connectivity index (χ2v) is 5.00. The summed E-state index contributed by atoms with van der Waals surface area (Å²) < 4.78 is 7.08. The maximum atomic E-state index is 11.7. The number of hydrogen-bond donors (Lipinski definition) is 1. The van der Waals surface area contributed by atoms with Crippen molar-refractivity contribution in [2.75, 3.05) is 13.1 Å². The van der Waals surface area contributed by atoms with Crippen LogP contribution < -0.4 is 0 Å². The molecule has 0 saturated carbocycles. The lowest BCUT2D eigenvalue weighted by Crippen LogP contribution is -2.24. The van der Waals surface area contributed by atoms with Crippen LogP contribution in [-0.4, -0.2) is 40.9 Å². The number of carbonyl (C=O) groups excluding carboxylic acids is 1. The standard InChI is InChI=1S/C17H23NO4/c1-3-18(4-2)12-15(17(20)21)10-11-16(19)22-13-14-8-6-5-7-9-14/h5-9,12,15H,3-4,10-11,13H2,1-2H3/p+1. The molecule has 0 aliphatic heterocycles. The summed E-state index contributed by atoms with van der Waals surface area (Å²) in [4.78, 5) is 23.0. The van der Waals surface area contributed by atoms with Crippen LogP contribution in [0.3, 0.4) is 0 Å². The van der Waals surface area contributed by atoms with Gasteiger partial charge in [0.2, 0.25) is 0 Å². The number of ether oxygens (including phenoxy) is 1. The highest BCUT2D eigenvalue weighted by Crippen LogP contribution is 2.08. The van der Waals surface area contributed by atoms with Crippen LogP contribution in [0.15, 0.2) is 30.3 Å². The summed E-state index contributed by atoms with van der Waals surface area (Å²) in [5, 5.41) is 9.22. The molecule has 0 radical (unpaired) electrons. The third kappa shape index (κ3) is 6.52. The zero-order valence-corrected chi connectivity index (χ0v) is 13.2. The Labute approximate surface area is 131 Å². The number of aliphatic carboxylic acids is 1. The number of nitrogens with zero attached hydrogens (tertiary/aromatic N) is 1. The highest BCUT2D eigenvalue weighted by molar-refractivity contribution is 5.87. The molecule has 1 rings (SSSR count). The first-order chi connectivity index (χ1) is 10.6. The van der Waals surface area contributed by atoms with E-state index >= 15 is 0 Å². The maximum Gasteiger partial charge on any atom is 0.316 e. The zero-order chi connectivity index (χ0) is 16.4. The molecule has 0 aliphatic carbocycles. The third-order valence-corrected chi connectivity index (χ3v) is 3.42. The molecule has 1 unspecified atom stereocenters. The van der Waals surface area contributed by atoms with E-state index in [-0.39, 0.29) is 25.4 Å². The van der Waals surface area contributed by atoms with E-state index in [9.17, 15) is 14.7 Å². The van der Waals surface area contributed by atoms with Crippen molar-refractivity contribution >= 4 is 18.2 Å². The molecule has 0 amide bonds. The Balaban J connectivity index is 2.46. The van der Waals surface area contributed by atoms with Gasteiger partial charge in [0.25, 0.3) is 0 Å². The van der Waals surface area contributed by atoms with Gasteiger partial charge in [0.15, 0.2) is 6.21 Å². The fourth-order valence-electron chi connectivity index (χ4n) is 2.03. The SMILES string of the molecule is CC[N+](=CC(CCC(=O)OCc1ccccc1)C(=O)O)CC. The van der Waals surface area contributed by atoms with Crippen molar-refractivity contribution in [2.45, 2.75) is 33.3 Å². The average molecular weight is 306 g/mol. The van der Waals surface area contributed by atoms with Gasteiger partial charge in [-0.15, -0.1) is 0 Å². The molecule has 1 atom stereocenters. The second kappa shape index (κ2) is 9.71. The summed E-state index contributed by atoms with van der Waals surface area (Å²) in [6.07, 6.45) is 2.04. The van der Waals surface area contributed by atoms with Crippen LogP contribution in [0.25, 0.3) is 0 Å². The summed E-state index contributed by atoms with van der Waals surface area (Å²) in [6.45, 7) is 5.65. The Bertz CT molecular complexity index is 505.